The van der Waals surface area contributed by atoms with E-state index in [1.807, 2.05) is 0 Å². The molecule has 4 rings (SSSR count). The molecule has 2 unspecified atom stereocenters. The number of carbonyl (C=O) groups is 2. The zero-order chi connectivity index (χ0) is 26.8. The summed E-state index contributed by atoms with van der Waals surface area (Å²) in [5, 5.41) is 11.5. The minimum Gasteiger partial charge on any atom is -0.484 e. The van der Waals surface area contributed by atoms with Crippen molar-refractivity contribution in [2.75, 3.05) is 13.2 Å². The van der Waals surface area contributed by atoms with Gasteiger partial charge in [-0.2, -0.15) is 18.4 Å². The van der Waals surface area contributed by atoms with Crippen LogP contribution < -0.4 is 10.1 Å². The summed E-state index contributed by atoms with van der Waals surface area (Å²) in [6, 6.07) is 5.04. The predicted molar refractivity (Wildman–Crippen MR) is 130 cm³/mol. The van der Waals surface area contributed by atoms with Gasteiger partial charge in [0.05, 0.1) is 32.0 Å². The number of carbonyl (C=O) groups excluding carboxylic acids is 2. The van der Waals surface area contributed by atoms with Crippen LogP contribution in [0, 0.1) is 17.2 Å². The lowest BCUT2D eigenvalue weighted by Gasteiger charge is -2.28. The van der Waals surface area contributed by atoms with Crippen molar-refractivity contribution in [3.05, 3.63) is 23.2 Å². The van der Waals surface area contributed by atoms with E-state index in [1.165, 1.54) is 23.1 Å². The molecule has 2 saturated carbocycles. The Balaban J connectivity index is 1.49. The van der Waals surface area contributed by atoms with Gasteiger partial charge in [0.1, 0.15) is 17.3 Å². The normalized spacial score (nSPS) is 24.2. The Kier molecular flexibility index (Phi) is 8.38. The summed E-state index contributed by atoms with van der Waals surface area (Å²) in [5.74, 6) is -0.461. The van der Waals surface area contributed by atoms with Gasteiger partial charge < -0.3 is 15.0 Å². The van der Waals surface area contributed by atoms with Crippen molar-refractivity contribution in [1.29, 1.82) is 5.26 Å². The standard InChI is InChI=1S/C25H29ClF3N3O4S/c26-19-11-17(36-15-25(27,28)29)6-7-21(19)37(35)18-12-20(23(34)31-24(14-30)8-9-24)32(13-18)22(33)10-16-4-2-1-3-5-16/h6-7,11,16,18,20H,1-5,8-10,12-13,15H2,(H,31,34)/t18?,20-,37?/m0/s1. The number of halogens is 4. The first-order valence-electron chi connectivity index (χ1n) is 12.4. The number of nitrogens with zero attached hydrogens (tertiary/aromatic N) is 2. The summed E-state index contributed by atoms with van der Waals surface area (Å²) >= 11 is 6.24. The fourth-order valence-electron chi connectivity index (χ4n) is 5.02. The van der Waals surface area contributed by atoms with Crippen molar-refractivity contribution in [2.45, 2.75) is 85.7 Å². The first-order valence-corrected chi connectivity index (χ1v) is 14.0. The zero-order valence-electron chi connectivity index (χ0n) is 20.2. The summed E-state index contributed by atoms with van der Waals surface area (Å²) in [4.78, 5) is 28.1. The molecule has 1 N–H and O–H groups in total. The van der Waals surface area contributed by atoms with Gasteiger partial charge in [0, 0.05) is 13.0 Å². The smallest absolute Gasteiger partial charge is 0.422 e. The predicted octanol–water partition coefficient (Wildman–Crippen LogP) is 4.50. The second kappa shape index (κ2) is 11.2. The Bertz CT molecular complexity index is 1100. The third kappa shape index (κ3) is 6.96. The Morgan fingerprint density at radius 2 is 1.95 bits per heavy atom. The van der Waals surface area contributed by atoms with Crippen LogP contribution in [0.3, 0.4) is 0 Å². The van der Waals surface area contributed by atoms with E-state index >= 15 is 0 Å². The van der Waals surface area contributed by atoms with Gasteiger partial charge in [0.25, 0.3) is 0 Å². The highest BCUT2D eigenvalue weighted by atomic mass is 35.5. The molecule has 0 spiro atoms. The van der Waals surface area contributed by atoms with Gasteiger partial charge in [0.2, 0.25) is 11.8 Å². The molecule has 2 aliphatic carbocycles. The average Bonchev–Trinajstić information content (AvgIpc) is 3.48. The summed E-state index contributed by atoms with van der Waals surface area (Å²) in [7, 11) is -1.74. The van der Waals surface area contributed by atoms with Crippen molar-refractivity contribution in [3.63, 3.8) is 0 Å². The molecule has 7 nitrogen and oxygen atoms in total. The lowest BCUT2D eigenvalue weighted by molar-refractivity contribution is -0.153. The quantitative estimate of drug-likeness (QED) is 0.505. The van der Waals surface area contributed by atoms with Crippen LogP contribution in [0.25, 0.3) is 0 Å². The van der Waals surface area contributed by atoms with E-state index in [0.717, 1.165) is 32.1 Å². The molecule has 0 bridgehead atoms. The number of amides is 2. The molecule has 1 saturated heterocycles. The third-order valence-corrected chi connectivity index (χ3v) is 9.39. The maximum Gasteiger partial charge on any atom is 0.422 e. The number of benzene rings is 1. The molecule has 1 aliphatic heterocycles. The molecule has 1 heterocycles. The van der Waals surface area contributed by atoms with Crippen LogP contribution >= 0.6 is 11.6 Å². The Morgan fingerprint density at radius 3 is 2.54 bits per heavy atom. The molecule has 37 heavy (non-hydrogen) atoms. The lowest BCUT2D eigenvalue weighted by atomic mass is 9.86. The van der Waals surface area contributed by atoms with Crippen molar-refractivity contribution in [1.82, 2.24) is 10.2 Å². The van der Waals surface area contributed by atoms with Gasteiger partial charge in [-0.15, -0.1) is 0 Å². The lowest BCUT2D eigenvalue weighted by Crippen LogP contribution is -2.49. The molecular weight excluding hydrogens is 531 g/mol. The Labute approximate surface area is 221 Å². The van der Waals surface area contributed by atoms with Crippen LogP contribution in [0.1, 0.15) is 57.8 Å². The first-order chi connectivity index (χ1) is 17.5. The number of rotatable bonds is 8. The monoisotopic (exact) mass is 559 g/mol. The molecule has 3 aliphatic rings. The summed E-state index contributed by atoms with van der Waals surface area (Å²) < 4.78 is 55.5. The van der Waals surface area contributed by atoms with Gasteiger partial charge >= 0.3 is 6.18 Å². The minimum atomic E-state index is -4.51. The van der Waals surface area contributed by atoms with Crippen LogP contribution in [0.2, 0.25) is 5.02 Å². The van der Waals surface area contributed by atoms with E-state index in [9.17, 15) is 32.2 Å². The van der Waals surface area contributed by atoms with Crippen LogP contribution in [0.15, 0.2) is 23.1 Å². The SMILES string of the molecule is N#CC1(NC(=O)[C@@H]2CC(S(=O)c3ccc(OCC(F)(F)F)cc3Cl)CN2C(=O)CC2CCCCC2)CC1. The van der Waals surface area contributed by atoms with E-state index in [0.29, 0.717) is 19.3 Å². The zero-order valence-corrected chi connectivity index (χ0v) is 21.8. The van der Waals surface area contributed by atoms with Gasteiger partial charge in [-0.1, -0.05) is 30.9 Å². The molecular formula is C25H29ClF3N3O4S. The van der Waals surface area contributed by atoms with Crippen LogP contribution in [0.5, 0.6) is 5.75 Å². The Morgan fingerprint density at radius 1 is 1.24 bits per heavy atom. The van der Waals surface area contributed by atoms with Crippen LogP contribution in [0.4, 0.5) is 13.2 Å². The van der Waals surface area contributed by atoms with E-state index in [4.69, 9.17) is 16.3 Å². The summed E-state index contributed by atoms with van der Waals surface area (Å²) in [6.45, 7) is -1.40. The molecule has 3 atom stereocenters. The van der Waals surface area contributed by atoms with E-state index in [-0.39, 0.29) is 40.5 Å². The number of hydrogen-bond donors (Lipinski definition) is 1. The van der Waals surface area contributed by atoms with Gasteiger partial charge in [-0.25, -0.2) is 0 Å². The molecule has 0 radical (unpaired) electrons. The maximum atomic E-state index is 13.5. The minimum absolute atomic E-state index is 0.0209. The van der Waals surface area contributed by atoms with Gasteiger partial charge in [-0.3, -0.25) is 13.8 Å². The largest absolute Gasteiger partial charge is 0.484 e. The van der Waals surface area contributed by atoms with Crippen molar-refractivity contribution < 1.29 is 31.7 Å². The molecule has 1 aromatic rings. The number of likely N-dealkylation sites (tertiary alicyclic amines) is 1. The third-order valence-electron chi connectivity index (χ3n) is 7.23. The van der Waals surface area contributed by atoms with Crippen molar-refractivity contribution in [3.8, 4) is 11.8 Å². The summed E-state index contributed by atoms with van der Waals surface area (Å²) in [6.07, 6.45) is 2.24. The van der Waals surface area contributed by atoms with Crippen molar-refractivity contribution in [2.24, 2.45) is 5.92 Å². The molecule has 1 aromatic carbocycles. The molecule has 12 heteroatoms. The number of ether oxygens (including phenoxy) is 1. The van der Waals surface area contributed by atoms with E-state index in [1.54, 1.807) is 0 Å². The molecule has 2 amide bonds. The first kappa shape index (κ1) is 27.7. The Hall–Kier alpha value is -2.32. The van der Waals surface area contributed by atoms with Crippen LogP contribution in [-0.2, 0) is 20.4 Å². The number of nitrogens with one attached hydrogen (secondary N) is 1. The second-order valence-corrected chi connectivity index (χ2v) is 12.2. The fourth-order valence-corrected chi connectivity index (χ4v) is 6.88. The van der Waals surface area contributed by atoms with E-state index in [2.05, 4.69) is 11.4 Å². The average molecular weight is 560 g/mol. The number of alkyl halides is 3. The number of hydrogen-bond acceptors (Lipinski definition) is 5. The molecule has 0 aromatic heterocycles. The van der Waals surface area contributed by atoms with Crippen LogP contribution in [-0.4, -0.2) is 57.1 Å². The molecule has 3 fully saturated rings. The maximum absolute atomic E-state index is 13.5. The fraction of sp³-hybridized carbons (Fsp3) is 0.640. The van der Waals surface area contributed by atoms with Gasteiger partial charge in [-0.05, 0) is 56.2 Å². The second-order valence-electron chi connectivity index (χ2n) is 10.1. The topological polar surface area (TPSA) is 99.5 Å². The summed E-state index contributed by atoms with van der Waals surface area (Å²) in [5.41, 5.74) is -0.901. The highest BCUT2D eigenvalue weighted by molar-refractivity contribution is 7.85. The highest BCUT2D eigenvalue weighted by Crippen LogP contribution is 2.37. The van der Waals surface area contributed by atoms with E-state index < -0.39 is 46.3 Å². The highest BCUT2D eigenvalue weighted by Gasteiger charge is 2.49. The molecule has 202 valence electrons. The van der Waals surface area contributed by atoms with Crippen molar-refractivity contribution >= 4 is 34.2 Å². The van der Waals surface area contributed by atoms with Gasteiger partial charge in [0.15, 0.2) is 6.61 Å². The number of nitriles is 1.